The lowest BCUT2D eigenvalue weighted by Crippen LogP contribution is -2.05. The van der Waals surface area contributed by atoms with Gasteiger partial charge in [0.05, 0.1) is 5.02 Å². The molecule has 2 rings (SSSR count). The van der Waals surface area contributed by atoms with Crippen LogP contribution in [-0.4, -0.2) is 5.78 Å². The highest BCUT2D eigenvalue weighted by atomic mass is 127. The summed E-state index contributed by atoms with van der Waals surface area (Å²) in [4.78, 5) is 12.4. The zero-order valence-electron chi connectivity index (χ0n) is 10.2. The first kappa shape index (κ1) is 14.1. The van der Waals surface area contributed by atoms with Gasteiger partial charge in [-0.1, -0.05) is 30.5 Å². The van der Waals surface area contributed by atoms with Crippen LogP contribution in [0.5, 0.6) is 0 Å². The first-order valence-electron chi connectivity index (χ1n) is 6.37. The monoisotopic (exact) mass is 374 g/mol. The molecule has 1 aliphatic carbocycles. The van der Waals surface area contributed by atoms with E-state index in [1.807, 2.05) is 12.1 Å². The summed E-state index contributed by atoms with van der Waals surface area (Å²) in [6.45, 7) is 0. The van der Waals surface area contributed by atoms with E-state index in [-0.39, 0.29) is 5.78 Å². The van der Waals surface area contributed by atoms with Crippen LogP contribution >= 0.6 is 34.2 Å². The summed E-state index contributed by atoms with van der Waals surface area (Å²) in [5, 5.41) is 0.660. The van der Waals surface area contributed by atoms with Crippen molar-refractivity contribution in [2.24, 2.45) is 0 Å². The van der Waals surface area contributed by atoms with Crippen LogP contribution in [0.25, 0.3) is 0 Å². The normalized spacial score (nSPS) is 19.6. The van der Waals surface area contributed by atoms with Crippen molar-refractivity contribution in [3.8, 4) is 0 Å². The van der Waals surface area contributed by atoms with Crippen molar-refractivity contribution in [1.29, 1.82) is 0 Å². The molecule has 0 aliphatic heterocycles. The van der Waals surface area contributed by atoms with Crippen molar-refractivity contribution in [3.63, 3.8) is 0 Å². The number of ketones is 1. The molecule has 0 atom stereocenters. The van der Waals surface area contributed by atoms with Gasteiger partial charge in [0.1, 0.15) is 0 Å². The average molecular weight is 375 g/mol. The van der Waals surface area contributed by atoms with Gasteiger partial charge < -0.3 is 0 Å². The first-order valence-corrected chi connectivity index (χ1v) is 7.83. The molecule has 0 unspecified atom stereocenters. The van der Waals surface area contributed by atoms with Gasteiger partial charge in [-0.2, -0.15) is 0 Å². The Morgan fingerprint density at radius 1 is 1.17 bits per heavy atom. The Morgan fingerprint density at radius 3 is 2.72 bits per heavy atom. The van der Waals surface area contributed by atoms with E-state index in [4.69, 9.17) is 11.6 Å². The molecule has 0 radical (unpaired) electrons. The van der Waals surface area contributed by atoms with Crippen LogP contribution in [0, 0.1) is 3.57 Å². The van der Waals surface area contributed by atoms with E-state index in [9.17, 15) is 4.79 Å². The fourth-order valence-electron chi connectivity index (χ4n) is 2.22. The molecule has 3 heteroatoms. The van der Waals surface area contributed by atoms with Crippen LogP contribution in [-0.2, 0) is 0 Å². The molecule has 1 aromatic rings. The lowest BCUT2D eigenvalue weighted by Gasteiger charge is -2.11. The minimum Gasteiger partial charge on any atom is -0.289 e. The number of allylic oxidation sites excluding steroid dienone is 2. The van der Waals surface area contributed by atoms with Crippen LogP contribution in [0.1, 0.15) is 48.9 Å². The molecular formula is C15H16ClIO. The van der Waals surface area contributed by atoms with E-state index in [1.54, 1.807) is 6.07 Å². The molecule has 96 valence electrons. The van der Waals surface area contributed by atoms with Gasteiger partial charge >= 0.3 is 0 Å². The van der Waals surface area contributed by atoms with Gasteiger partial charge in [-0.05, 0) is 72.0 Å². The number of Topliss-reactive ketones (excluding diaryl/α,β-unsaturated/α-hetero) is 1. The van der Waals surface area contributed by atoms with Gasteiger partial charge in [-0.3, -0.25) is 4.79 Å². The predicted molar refractivity (Wildman–Crippen MR) is 84.3 cm³/mol. The fraction of sp³-hybridized carbons (Fsp3) is 0.400. The third kappa shape index (κ3) is 3.58. The highest BCUT2D eigenvalue weighted by Crippen LogP contribution is 2.24. The summed E-state index contributed by atoms with van der Waals surface area (Å²) in [6.07, 6.45) is 8.89. The van der Waals surface area contributed by atoms with E-state index < -0.39 is 0 Å². The Kier molecular flexibility index (Phi) is 5.25. The van der Waals surface area contributed by atoms with E-state index >= 15 is 0 Å². The van der Waals surface area contributed by atoms with E-state index in [2.05, 4.69) is 28.7 Å². The predicted octanol–water partition coefficient (Wildman–Crippen LogP) is 5.41. The number of benzene rings is 1. The van der Waals surface area contributed by atoms with E-state index in [0.29, 0.717) is 10.6 Å². The highest BCUT2D eigenvalue weighted by Gasteiger charge is 2.14. The van der Waals surface area contributed by atoms with Crippen LogP contribution in [0.15, 0.2) is 29.8 Å². The smallest absolute Gasteiger partial charge is 0.188 e. The van der Waals surface area contributed by atoms with Gasteiger partial charge in [0.25, 0.3) is 0 Å². The van der Waals surface area contributed by atoms with Crippen molar-refractivity contribution in [1.82, 2.24) is 0 Å². The van der Waals surface area contributed by atoms with E-state index in [1.165, 1.54) is 19.3 Å². The van der Waals surface area contributed by atoms with Crippen LogP contribution in [0.4, 0.5) is 0 Å². The second kappa shape index (κ2) is 6.71. The van der Waals surface area contributed by atoms with Gasteiger partial charge in [-0.25, -0.2) is 0 Å². The molecule has 18 heavy (non-hydrogen) atoms. The lowest BCUT2D eigenvalue weighted by atomic mass is 9.94. The molecule has 1 aromatic carbocycles. The SMILES string of the molecule is O=C(/C1=C/CCCCCC1)c1ccc(I)c(Cl)c1. The standard InChI is InChI=1S/C15H16ClIO/c16-13-10-12(8-9-14(13)17)15(18)11-6-4-2-1-3-5-7-11/h6,8-10H,1-5,7H2/b11-6+. The van der Waals surface area contributed by atoms with Gasteiger partial charge in [0.2, 0.25) is 0 Å². The molecule has 1 aliphatic rings. The van der Waals surface area contributed by atoms with Crippen molar-refractivity contribution < 1.29 is 4.79 Å². The Bertz CT molecular complexity index is 479. The topological polar surface area (TPSA) is 17.1 Å². The number of rotatable bonds is 2. The molecule has 1 nitrogen and oxygen atoms in total. The second-order valence-corrected chi connectivity index (χ2v) is 6.21. The second-order valence-electron chi connectivity index (χ2n) is 4.64. The van der Waals surface area contributed by atoms with Crippen molar-refractivity contribution in [2.45, 2.75) is 38.5 Å². The molecule has 0 heterocycles. The summed E-state index contributed by atoms with van der Waals surface area (Å²) >= 11 is 8.25. The molecule has 0 saturated carbocycles. The minimum atomic E-state index is 0.148. The number of hydrogen-bond donors (Lipinski definition) is 0. The quantitative estimate of drug-likeness (QED) is 0.500. The zero-order valence-corrected chi connectivity index (χ0v) is 13.1. The van der Waals surface area contributed by atoms with E-state index in [0.717, 1.165) is 28.4 Å². The maximum atomic E-state index is 12.4. The molecule has 0 bridgehead atoms. The van der Waals surface area contributed by atoms with Crippen molar-refractivity contribution in [2.75, 3.05) is 0 Å². The van der Waals surface area contributed by atoms with Gasteiger partial charge in [0, 0.05) is 9.13 Å². The summed E-state index contributed by atoms with van der Waals surface area (Å²) in [6, 6.07) is 5.56. The van der Waals surface area contributed by atoms with Crippen molar-refractivity contribution >= 4 is 40.0 Å². The minimum absolute atomic E-state index is 0.148. The molecule has 0 spiro atoms. The summed E-state index contributed by atoms with van der Waals surface area (Å²) in [7, 11) is 0. The number of carbonyl (C=O) groups excluding carboxylic acids is 1. The molecule has 0 aromatic heterocycles. The molecular weight excluding hydrogens is 359 g/mol. The Hall–Kier alpha value is -0.350. The van der Waals surface area contributed by atoms with Crippen LogP contribution < -0.4 is 0 Å². The Labute approximate surface area is 127 Å². The molecule has 0 N–H and O–H groups in total. The van der Waals surface area contributed by atoms with Crippen molar-refractivity contribution in [3.05, 3.63) is 44.0 Å². The Morgan fingerprint density at radius 2 is 1.94 bits per heavy atom. The van der Waals surface area contributed by atoms with Gasteiger partial charge in [0.15, 0.2) is 5.78 Å². The number of halogens is 2. The van der Waals surface area contributed by atoms with Gasteiger partial charge in [-0.15, -0.1) is 0 Å². The lowest BCUT2D eigenvalue weighted by molar-refractivity contribution is 0.102. The third-order valence-corrected chi connectivity index (χ3v) is 4.84. The highest BCUT2D eigenvalue weighted by molar-refractivity contribution is 14.1. The largest absolute Gasteiger partial charge is 0.289 e. The summed E-state index contributed by atoms with van der Waals surface area (Å²) in [5.74, 6) is 0.148. The van der Waals surface area contributed by atoms with Crippen LogP contribution in [0.3, 0.4) is 0 Å². The first-order chi connectivity index (χ1) is 8.68. The maximum Gasteiger partial charge on any atom is 0.188 e. The maximum absolute atomic E-state index is 12.4. The zero-order chi connectivity index (χ0) is 13.0. The third-order valence-electron chi connectivity index (χ3n) is 3.26. The molecule has 0 amide bonds. The number of hydrogen-bond acceptors (Lipinski definition) is 1. The molecule has 0 fully saturated rings. The number of carbonyl (C=O) groups is 1. The summed E-state index contributed by atoms with van der Waals surface area (Å²) in [5.41, 5.74) is 1.68. The average Bonchev–Trinajstić information content (AvgIpc) is 2.31. The van der Waals surface area contributed by atoms with Crippen LogP contribution in [0.2, 0.25) is 5.02 Å². The summed E-state index contributed by atoms with van der Waals surface area (Å²) < 4.78 is 0.984. The molecule has 0 saturated heterocycles. The Balaban J connectivity index is 2.21. The fourth-order valence-corrected chi connectivity index (χ4v) is 2.74.